The quantitative estimate of drug-likeness (QED) is 0.502. The molecular weight excluding hydrogens is 391 g/mol. The van der Waals surface area contributed by atoms with Crippen LogP contribution in [0.1, 0.15) is 12.5 Å². The van der Waals surface area contributed by atoms with Crippen molar-refractivity contribution >= 4 is 46.5 Å². The number of H-pyrrole nitrogens is 1. The Balaban J connectivity index is 2.07. The van der Waals surface area contributed by atoms with Crippen molar-refractivity contribution in [3.8, 4) is 0 Å². The van der Waals surface area contributed by atoms with Gasteiger partial charge in [0.1, 0.15) is 0 Å². The van der Waals surface area contributed by atoms with E-state index in [0.29, 0.717) is 10.1 Å². The first-order valence-corrected chi connectivity index (χ1v) is 8.69. The Morgan fingerprint density at radius 3 is 2.81 bits per heavy atom. The standard InChI is InChI=1S/C17H16Cl2N6O2/c1-10(18)7-8-25-13-14(24(2)17(27)22-15(13)26)21-16(25)23-20-9-11-5-3-4-6-12(11)19/h3-7,9H,8H2,1-2H3,(H,21,23)(H,22,26,27)/b10-7+,20-9+. The number of hydrogen-bond donors (Lipinski definition) is 2. The first-order valence-electron chi connectivity index (χ1n) is 7.94. The van der Waals surface area contributed by atoms with E-state index in [-0.39, 0.29) is 23.7 Å². The van der Waals surface area contributed by atoms with E-state index in [0.717, 1.165) is 5.56 Å². The van der Waals surface area contributed by atoms with Crippen LogP contribution >= 0.6 is 23.2 Å². The summed E-state index contributed by atoms with van der Waals surface area (Å²) >= 11 is 12.0. The molecule has 27 heavy (non-hydrogen) atoms. The van der Waals surface area contributed by atoms with Crippen LogP contribution in [0.15, 0.2) is 50.1 Å². The fourth-order valence-corrected chi connectivity index (χ4v) is 2.71. The van der Waals surface area contributed by atoms with Gasteiger partial charge in [0.25, 0.3) is 5.56 Å². The molecule has 140 valence electrons. The monoisotopic (exact) mass is 406 g/mol. The molecule has 0 saturated carbocycles. The molecule has 0 unspecified atom stereocenters. The summed E-state index contributed by atoms with van der Waals surface area (Å²) in [6, 6.07) is 7.22. The lowest BCUT2D eigenvalue weighted by Crippen LogP contribution is -2.29. The molecule has 10 heteroatoms. The minimum atomic E-state index is -0.549. The van der Waals surface area contributed by atoms with Crippen molar-refractivity contribution in [3.05, 3.63) is 66.8 Å². The molecule has 0 saturated heterocycles. The molecule has 2 N–H and O–H groups in total. The van der Waals surface area contributed by atoms with E-state index in [4.69, 9.17) is 23.2 Å². The highest BCUT2D eigenvalue weighted by molar-refractivity contribution is 6.33. The Hall–Kier alpha value is -2.84. The van der Waals surface area contributed by atoms with Gasteiger partial charge in [0.2, 0.25) is 5.95 Å². The lowest BCUT2D eigenvalue weighted by Gasteiger charge is -2.05. The fourth-order valence-electron chi connectivity index (χ4n) is 2.45. The van der Waals surface area contributed by atoms with Gasteiger partial charge in [-0.15, -0.1) is 0 Å². The number of allylic oxidation sites excluding steroid dienone is 2. The molecule has 0 radical (unpaired) electrons. The highest BCUT2D eigenvalue weighted by Crippen LogP contribution is 2.17. The van der Waals surface area contributed by atoms with E-state index in [9.17, 15) is 9.59 Å². The molecule has 2 aromatic heterocycles. The second-order valence-electron chi connectivity index (χ2n) is 5.72. The molecule has 8 nitrogen and oxygen atoms in total. The van der Waals surface area contributed by atoms with Crippen molar-refractivity contribution in [2.24, 2.45) is 12.1 Å². The number of aromatic amines is 1. The Morgan fingerprint density at radius 1 is 1.37 bits per heavy atom. The maximum Gasteiger partial charge on any atom is 0.329 e. The molecule has 0 aliphatic heterocycles. The summed E-state index contributed by atoms with van der Waals surface area (Å²) in [5.41, 5.74) is 2.90. The molecule has 0 amide bonds. The lowest BCUT2D eigenvalue weighted by molar-refractivity contribution is 0.818. The van der Waals surface area contributed by atoms with Gasteiger partial charge in [0.15, 0.2) is 11.2 Å². The average Bonchev–Trinajstić information content (AvgIpc) is 2.99. The van der Waals surface area contributed by atoms with Crippen LogP contribution in [-0.4, -0.2) is 25.3 Å². The second kappa shape index (κ2) is 7.81. The largest absolute Gasteiger partial charge is 0.329 e. The molecule has 0 bridgehead atoms. The highest BCUT2D eigenvalue weighted by atomic mass is 35.5. The van der Waals surface area contributed by atoms with Gasteiger partial charge in [0.05, 0.1) is 6.21 Å². The van der Waals surface area contributed by atoms with Gasteiger partial charge >= 0.3 is 5.69 Å². The van der Waals surface area contributed by atoms with Crippen molar-refractivity contribution in [1.82, 2.24) is 19.1 Å². The summed E-state index contributed by atoms with van der Waals surface area (Å²) in [6.45, 7) is 2.00. The van der Waals surface area contributed by atoms with Crippen LogP contribution in [0.4, 0.5) is 5.95 Å². The minimum Gasteiger partial charge on any atom is -0.299 e. The molecule has 3 rings (SSSR count). The minimum absolute atomic E-state index is 0.236. The van der Waals surface area contributed by atoms with Crippen molar-refractivity contribution in [1.29, 1.82) is 0 Å². The van der Waals surface area contributed by atoms with Crippen LogP contribution in [0, 0.1) is 0 Å². The number of aromatic nitrogens is 4. The molecule has 0 aliphatic rings. The summed E-state index contributed by atoms with van der Waals surface area (Å²) in [5, 5.41) is 5.25. The first-order chi connectivity index (χ1) is 12.9. The van der Waals surface area contributed by atoms with E-state index in [1.807, 2.05) is 18.2 Å². The van der Waals surface area contributed by atoms with Crippen LogP contribution in [0.5, 0.6) is 0 Å². The van der Waals surface area contributed by atoms with Crippen LogP contribution in [0.3, 0.4) is 0 Å². The van der Waals surface area contributed by atoms with Gasteiger partial charge in [-0.2, -0.15) is 10.1 Å². The highest BCUT2D eigenvalue weighted by Gasteiger charge is 2.16. The Bertz CT molecular complexity index is 1170. The van der Waals surface area contributed by atoms with Crippen molar-refractivity contribution in [2.45, 2.75) is 13.5 Å². The van der Waals surface area contributed by atoms with Gasteiger partial charge in [-0.05, 0) is 13.0 Å². The summed E-state index contributed by atoms with van der Waals surface area (Å²) in [5.74, 6) is 0.286. The maximum atomic E-state index is 12.3. The number of benzene rings is 1. The third kappa shape index (κ3) is 3.96. The molecule has 0 atom stereocenters. The lowest BCUT2D eigenvalue weighted by atomic mass is 10.2. The first kappa shape index (κ1) is 18.9. The predicted octanol–water partition coefficient (Wildman–Crippen LogP) is 2.67. The molecule has 1 aromatic carbocycles. The zero-order chi connectivity index (χ0) is 19.6. The average molecular weight is 407 g/mol. The van der Waals surface area contributed by atoms with Crippen LogP contribution in [0.2, 0.25) is 5.02 Å². The van der Waals surface area contributed by atoms with Gasteiger partial charge in [-0.1, -0.05) is 47.5 Å². The van der Waals surface area contributed by atoms with Crippen LogP contribution < -0.4 is 16.7 Å². The van der Waals surface area contributed by atoms with E-state index in [1.165, 1.54) is 17.8 Å². The number of nitrogens with one attached hydrogen (secondary N) is 2. The third-order valence-electron chi connectivity index (χ3n) is 3.84. The van der Waals surface area contributed by atoms with Crippen molar-refractivity contribution in [2.75, 3.05) is 5.43 Å². The van der Waals surface area contributed by atoms with Crippen LogP contribution in [0.25, 0.3) is 11.2 Å². The molecule has 0 aliphatic carbocycles. The number of fused-ring (bicyclic) bond motifs is 1. The number of hydrogen-bond acceptors (Lipinski definition) is 5. The van der Waals surface area contributed by atoms with E-state index >= 15 is 0 Å². The summed E-state index contributed by atoms with van der Waals surface area (Å²) in [6.07, 6.45) is 3.26. The van der Waals surface area contributed by atoms with Gasteiger partial charge in [0, 0.05) is 29.2 Å². The number of nitrogens with zero attached hydrogens (tertiary/aromatic N) is 4. The third-order valence-corrected chi connectivity index (χ3v) is 4.33. The Morgan fingerprint density at radius 2 is 2.11 bits per heavy atom. The topological polar surface area (TPSA) is 97.1 Å². The van der Waals surface area contributed by atoms with Crippen molar-refractivity contribution in [3.63, 3.8) is 0 Å². The van der Waals surface area contributed by atoms with E-state index in [1.54, 1.807) is 23.6 Å². The van der Waals surface area contributed by atoms with Gasteiger partial charge in [-0.3, -0.25) is 18.9 Å². The second-order valence-corrected chi connectivity index (χ2v) is 6.72. The normalized spacial score (nSPS) is 12.2. The smallest absolute Gasteiger partial charge is 0.299 e. The number of halogens is 2. The zero-order valence-electron chi connectivity index (χ0n) is 14.5. The number of aryl methyl sites for hydroxylation is 1. The van der Waals surface area contributed by atoms with Crippen LogP contribution in [-0.2, 0) is 13.6 Å². The Labute approximate surface area is 163 Å². The number of imidazole rings is 1. The maximum absolute atomic E-state index is 12.3. The molecular formula is C17H16Cl2N6O2. The molecule has 0 spiro atoms. The summed E-state index contributed by atoms with van der Waals surface area (Å²) < 4.78 is 2.84. The van der Waals surface area contributed by atoms with E-state index in [2.05, 4.69) is 20.5 Å². The predicted molar refractivity (Wildman–Crippen MR) is 108 cm³/mol. The SMILES string of the molecule is C/C(Cl)=C\Cn1c(N/N=C/c2ccccc2Cl)nc2c1c(=O)[nH]c(=O)n2C. The van der Waals surface area contributed by atoms with Gasteiger partial charge < -0.3 is 0 Å². The van der Waals surface area contributed by atoms with Gasteiger partial charge in [-0.25, -0.2) is 10.2 Å². The molecule has 2 heterocycles. The Kier molecular flexibility index (Phi) is 5.48. The number of anilines is 1. The van der Waals surface area contributed by atoms with E-state index < -0.39 is 11.2 Å². The molecule has 0 fully saturated rings. The zero-order valence-corrected chi connectivity index (χ0v) is 16.0. The van der Waals surface area contributed by atoms with Crippen molar-refractivity contribution < 1.29 is 0 Å². The summed E-state index contributed by atoms with van der Waals surface area (Å²) in [7, 11) is 1.53. The molecule has 3 aromatic rings. The summed E-state index contributed by atoms with van der Waals surface area (Å²) in [4.78, 5) is 30.7. The fraction of sp³-hybridized carbons (Fsp3) is 0.176. The number of hydrazone groups is 1. The number of rotatable bonds is 5.